The summed E-state index contributed by atoms with van der Waals surface area (Å²) in [5.41, 5.74) is -0.548. The van der Waals surface area contributed by atoms with Crippen molar-refractivity contribution in [1.82, 2.24) is 15.5 Å². The van der Waals surface area contributed by atoms with Gasteiger partial charge in [0.25, 0.3) is 0 Å². The third kappa shape index (κ3) is 18.0. The van der Waals surface area contributed by atoms with Crippen molar-refractivity contribution in [3.63, 3.8) is 0 Å². The van der Waals surface area contributed by atoms with E-state index >= 15 is 0 Å². The molecule has 67 heavy (non-hydrogen) atoms. The molecule has 0 radical (unpaired) electrons. The molecule has 2 saturated heterocycles. The van der Waals surface area contributed by atoms with E-state index in [2.05, 4.69) is 31.4 Å². The van der Waals surface area contributed by atoms with E-state index in [4.69, 9.17) is 23.0 Å². The summed E-state index contributed by atoms with van der Waals surface area (Å²) in [5.74, 6) is 2.84. The van der Waals surface area contributed by atoms with Crippen molar-refractivity contribution in [3.05, 3.63) is 35.5 Å². The van der Waals surface area contributed by atoms with Crippen molar-refractivity contribution in [2.24, 2.45) is 0 Å². The highest BCUT2D eigenvalue weighted by molar-refractivity contribution is 8.15. The van der Waals surface area contributed by atoms with E-state index in [1.165, 1.54) is 27.2 Å². The molecule has 3 aromatic rings. The predicted molar refractivity (Wildman–Crippen MR) is 265 cm³/mol. The maximum atomic E-state index is 12.7. The number of aromatic nitrogens is 3. The van der Waals surface area contributed by atoms with Gasteiger partial charge in [-0.1, -0.05) is 89.5 Å². The Kier molecular flexibility index (Phi) is 20.0. The molecule has 2 atom stereocenters. The van der Waals surface area contributed by atoms with Gasteiger partial charge in [0.15, 0.2) is 32.4 Å². The third-order valence-electron chi connectivity index (χ3n) is 10.9. The highest BCUT2D eigenvalue weighted by atomic mass is 32.2. The number of sulfone groups is 1. The van der Waals surface area contributed by atoms with Crippen LogP contribution >= 0.6 is 23.5 Å². The van der Waals surface area contributed by atoms with Crippen molar-refractivity contribution < 1.29 is 50.6 Å². The van der Waals surface area contributed by atoms with Gasteiger partial charge in [0.1, 0.15) is 22.0 Å². The van der Waals surface area contributed by atoms with E-state index in [9.17, 15) is 27.6 Å². The van der Waals surface area contributed by atoms with Crippen LogP contribution in [0, 0.1) is 0 Å². The van der Waals surface area contributed by atoms with Crippen molar-refractivity contribution in [2.45, 2.75) is 192 Å². The molecule has 0 spiro atoms. The first-order chi connectivity index (χ1) is 30.6. The topological polar surface area (TPSA) is 235 Å². The van der Waals surface area contributed by atoms with Gasteiger partial charge in [-0.3, -0.25) is 19.2 Å². The molecule has 0 aromatic carbocycles. The number of ether oxygens (including phenoxy) is 2. The quantitative estimate of drug-likeness (QED) is 0.145. The average Bonchev–Trinajstić information content (AvgIpc) is 4.00. The van der Waals surface area contributed by atoms with Crippen LogP contribution in [0.4, 0.5) is 17.5 Å². The number of anilines is 3. The molecule has 378 valence electrons. The number of nitrogens with one attached hydrogen (secondary N) is 3. The summed E-state index contributed by atoms with van der Waals surface area (Å²) in [6.45, 7) is 30.9. The minimum absolute atomic E-state index is 0.0629. The van der Waals surface area contributed by atoms with Crippen molar-refractivity contribution in [3.8, 4) is 0 Å². The Bertz CT molecular complexity index is 2210. The summed E-state index contributed by atoms with van der Waals surface area (Å²) in [6.07, 6.45) is 5.97. The van der Waals surface area contributed by atoms with Gasteiger partial charge < -0.3 is 39.0 Å². The Balaban J connectivity index is 0.000000269. The molecule has 3 aromatic heterocycles. The minimum Gasteiger partial charge on any atom is -0.377 e. The number of amides is 3. The SMILES string of the molecule is CC(=O)SC(C)(C)C(=O)Nc1cc(C(C)(C)C)on1.CC(C)(C)c1cc(NC(=O)C(C)(C)S(=O)(=O)CC2CCCCO2)no1.CC(C)(SCC1CCCCO1)C(=O)Nc1cc(C(C)(C)C)on1. The zero-order valence-corrected chi connectivity index (χ0v) is 45.0. The molecule has 3 amide bonds. The molecule has 5 rings (SSSR count). The first-order valence-corrected chi connectivity index (χ1v) is 26.2. The van der Waals surface area contributed by atoms with Gasteiger partial charge in [-0.05, 0) is 80.1 Å². The van der Waals surface area contributed by atoms with Gasteiger partial charge in [-0.25, -0.2) is 8.42 Å². The molecule has 2 aliphatic heterocycles. The molecule has 3 N–H and O–H groups in total. The molecule has 17 nitrogen and oxygen atoms in total. The van der Waals surface area contributed by atoms with Gasteiger partial charge in [0.2, 0.25) is 17.7 Å². The maximum Gasteiger partial charge on any atom is 0.246 e. The Morgan fingerprint density at radius 3 is 1.30 bits per heavy atom. The van der Waals surface area contributed by atoms with Crippen LogP contribution in [-0.4, -0.2) is 97.9 Å². The fourth-order valence-electron chi connectivity index (χ4n) is 6.11. The zero-order valence-electron chi connectivity index (χ0n) is 42.5. The lowest BCUT2D eigenvalue weighted by atomic mass is 9.93. The smallest absolute Gasteiger partial charge is 0.246 e. The number of hydrogen-bond acceptors (Lipinski definition) is 16. The second kappa shape index (κ2) is 23.3. The standard InChI is InChI=1S/C17H28N2O5S.C17H28N2O3S.C13H20N2O3S/c1-16(2,3)13-10-14(19-24-13)18-15(20)17(4,5)25(21,22)11-12-8-6-7-9-23-12;1-16(2,3)13-10-14(19-22-13)18-15(20)17(4,5)23-11-12-8-6-7-9-21-12;1-8(16)19-13(5,6)11(17)14-10-7-9(18-15-10)12(2,3)4/h10,12H,6-9,11H2,1-5H3,(H,18,19,20);10,12H,6-9,11H2,1-5H3,(H,18,19,20);7H,1-6H3,(H,14,15,17). The Hall–Kier alpha value is -3.72. The second-order valence-corrected chi connectivity index (χ2v) is 27.6. The van der Waals surface area contributed by atoms with Crippen LogP contribution in [0.15, 0.2) is 31.8 Å². The van der Waals surface area contributed by atoms with Crippen LogP contribution in [0.1, 0.15) is 167 Å². The summed E-state index contributed by atoms with van der Waals surface area (Å²) in [6, 6.07) is 5.11. The third-order valence-corrected chi connectivity index (χ3v) is 15.9. The number of rotatable bonds is 13. The van der Waals surface area contributed by atoms with Gasteiger partial charge in [-0.2, -0.15) is 0 Å². The number of carbonyl (C=O) groups excluding carboxylic acids is 4. The lowest BCUT2D eigenvalue weighted by Crippen LogP contribution is -2.48. The average molecular weight is 997 g/mol. The van der Waals surface area contributed by atoms with E-state index in [0.29, 0.717) is 36.2 Å². The maximum absolute atomic E-state index is 12.7. The molecular formula is C47H76N6O11S3. The number of carbonyl (C=O) groups is 4. The fraction of sp³-hybridized carbons (Fsp3) is 0.723. The summed E-state index contributed by atoms with van der Waals surface area (Å²) in [7, 11) is -3.70. The first-order valence-electron chi connectivity index (χ1n) is 22.8. The Labute approximate surface area is 406 Å². The lowest BCUT2D eigenvalue weighted by Gasteiger charge is -2.28. The summed E-state index contributed by atoms with van der Waals surface area (Å²) in [5, 5.41) is 19.5. The Morgan fingerprint density at radius 1 is 0.582 bits per heavy atom. The first kappa shape index (κ1) is 57.6. The lowest BCUT2D eigenvalue weighted by molar-refractivity contribution is -0.118. The van der Waals surface area contributed by atoms with Gasteiger partial charge >= 0.3 is 0 Å². The number of nitrogens with zero attached hydrogens (tertiary/aromatic N) is 3. The highest BCUT2D eigenvalue weighted by Gasteiger charge is 2.44. The van der Waals surface area contributed by atoms with Crippen molar-refractivity contribution >= 4 is 73.7 Å². The number of hydrogen-bond donors (Lipinski definition) is 3. The monoisotopic (exact) mass is 996 g/mol. The van der Waals surface area contributed by atoms with E-state index in [1.54, 1.807) is 43.8 Å². The molecule has 20 heteroatoms. The largest absolute Gasteiger partial charge is 0.377 e. The molecule has 5 heterocycles. The summed E-state index contributed by atoms with van der Waals surface area (Å²) < 4.78 is 49.4. The predicted octanol–water partition coefficient (Wildman–Crippen LogP) is 9.63. The van der Waals surface area contributed by atoms with Crippen molar-refractivity contribution in [1.29, 1.82) is 0 Å². The van der Waals surface area contributed by atoms with Gasteiger partial charge in [0.05, 0.1) is 27.5 Å². The summed E-state index contributed by atoms with van der Waals surface area (Å²) >= 11 is 2.62. The molecule has 0 bridgehead atoms. The van der Waals surface area contributed by atoms with Crippen LogP contribution < -0.4 is 16.0 Å². The molecule has 0 aliphatic carbocycles. The number of thioether (sulfide) groups is 2. The van der Waals surface area contributed by atoms with Crippen LogP contribution in [-0.2, 0) is 54.7 Å². The second-order valence-electron chi connectivity index (χ2n) is 21.5. The fourth-order valence-corrected chi connectivity index (χ4v) is 9.52. The van der Waals surface area contributed by atoms with E-state index in [0.717, 1.165) is 55.6 Å². The minimum atomic E-state index is -3.70. The molecule has 2 fully saturated rings. The van der Waals surface area contributed by atoms with Gasteiger partial charge in [-0.15, -0.1) is 11.8 Å². The van der Waals surface area contributed by atoms with Crippen molar-refractivity contribution in [2.75, 3.05) is 40.7 Å². The van der Waals surface area contributed by atoms with E-state index in [1.807, 2.05) is 76.2 Å². The molecule has 0 saturated carbocycles. The van der Waals surface area contributed by atoms with Gasteiger partial charge in [0, 0.05) is 60.3 Å². The molecular weight excluding hydrogens is 921 g/mol. The van der Waals surface area contributed by atoms with Crippen LogP contribution in [0.25, 0.3) is 0 Å². The highest BCUT2D eigenvalue weighted by Crippen LogP contribution is 2.32. The zero-order chi connectivity index (χ0) is 50.8. The van der Waals surface area contributed by atoms with Crippen LogP contribution in [0.2, 0.25) is 0 Å². The van der Waals surface area contributed by atoms with E-state index < -0.39 is 30.0 Å². The molecule has 2 unspecified atom stereocenters. The normalized spacial score (nSPS) is 17.6. The van der Waals surface area contributed by atoms with Crippen LogP contribution in [0.3, 0.4) is 0 Å². The Morgan fingerprint density at radius 2 is 0.955 bits per heavy atom. The molecule has 2 aliphatic rings. The van der Waals surface area contributed by atoms with Crippen LogP contribution in [0.5, 0.6) is 0 Å². The summed E-state index contributed by atoms with van der Waals surface area (Å²) in [4.78, 5) is 48.2. The van der Waals surface area contributed by atoms with E-state index in [-0.39, 0.29) is 57.0 Å².